The fourth-order valence-electron chi connectivity index (χ4n) is 1.64. The van der Waals surface area contributed by atoms with Gasteiger partial charge in [0.25, 0.3) is 0 Å². The molecule has 1 aromatic carbocycles. The molecule has 0 spiro atoms. The molecular weight excluding hydrogens is 295 g/mol. The number of benzene rings is 1. The molecule has 0 atom stereocenters. The van der Waals surface area contributed by atoms with Gasteiger partial charge in [0.05, 0.1) is 11.6 Å². The maximum Gasteiger partial charge on any atom is 0.321 e. The van der Waals surface area contributed by atoms with Crippen LogP contribution in [0.15, 0.2) is 18.2 Å². The fourth-order valence-corrected chi connectivity index (χ4v) is 1.89. The Morgan fingerprint density at radius 2 is 2.05 bits per heavy atom. The van der Waals surface area contributed by atoms with Gasteiger partial charge in [0.2, 0.25) is 5.95 Å². The fraction of sp³-hybridized carbons (Fsp3) is 0.357. The molecule has 1 aromatic heterocycles. The van der Waals surface area contributed by atoms with E-state index in [1.807, 2.05) is 13.8 Å². The zero-order valence-corrected chi connectivity index (χ0v) is 12.6. The molecule has 0 fully saturated rings. The lowest BCUT2D eigenvalue weighted by molar-refractivity contribution is 0.292. The zero-order valence-electron chi connectivity index (χ0n) is 11.9. The lowest BCUT2D eigenvalue weighted by Gasteiger charge is -2.09. The Labute approximate surface area is 127 Å². The molecule has 21 heavy (non-hydrogen) atoms. The maximum absolute atomic E-state index is 13.1. The summed E-state index contributed by atoms with van der Waals surface area (Å²) < 4.78 is 18.6. The lowest BCUT2D eigenvalue weighted by Crippen LogP contribution is -2.08. The number of nitrogens with one attached hydrogen (secondary N) is 1. The van der Waals surface area contributed by atoms with Crippen LogP contribution in [-0.4, -0.2) is 28.1 Å². The van der Waals surface area contributed by atoms with E-state index in [0.717, 1.165) is 6.42 Å². The van der Waals surface area contributed by atoms with Crippen molar-refractivity contribution in [3.8, 4) is 17.4 Å². The molecule has 7 heteroatoms. The second-order valence-electron chi connectivity index (χ2n) is 4.27. The molecule has 112 valence electrons. The van der Waals surface area contributed by atoms with E-state index in [9.17, 15) is 4.39 Å². The van der Waals surface area contributed by atoms with Gasteiger partial charge in [0.15, 0.2) is 5.82 Å². The minimum atomic E-state index is -0.410. The minimum Gasteiger partial charge on any atom is -0.463 e. The van der Waals surface area contributed by atoms with E-state index in [1.54, 1.807) is 0 Å². The van der Waals surface area contributed by atoms with Crippen molar-refractivity contribution in [1.82, 2.24) is 15.0 Å². The smallest absolute Gasteiger partial charge is 0.321 e. The number of aromatic nitrogens is 3. The van der Waals surface area contributed by atoms with E-state index < -0.39 is 5.82 Å². The molecule has 0 aliphatic heterocycles. The number of hydrogen-bond acceptors (Lipinski definition) is 5. The summed E-state index contributed by atoms with van der Waals surface area (Å²) in [6, 6.07) is 4.29. The Bertz CT molecular complexity index is 624. The maximum atomic E-state index is 13.1. The van der Waals surface area contributed by atoms with E-state index in [0.29, 0.717) is 30.5 Å². The number of halogens is 2. The lowest BCUT2D eigenvalue weighted by atomic mass is 10.2. The number of nitrogens with zero attached hydrogens (tertiary/aromatic N) is 3. The molecule has 0 amide bonds. The van der Waals surface area contributed by atoms with Crippen molar-refractivity contribution in [1.29, 1.82) is 0 Å². The summed E-state index contributed by atoms with van der Waals surface area (Å²) in [7, 11) is 0. The first kappa shape index (κ1) is 15.4. The molecule has 0 saturated heterocycles. The summed E-state index contributed by atoms with van der Waals surface area (Å²) in [5.41, 5.74) is 0.529. The average Bonchev–Trinajstić information content (AvgIpc) is 2.45. The number of hydrogen-bond donors (Lipinski definition) is 1. The molecule has 0 radical (unpaired) electrons. The second kappa shape index (κ2) is 7.17. The van der Waals surface area contributed by atoms with Crippen LogP contribution in [0.25, 0.3) is 11.4 Å². The van der Waals surface area contributed by atoms with Crippen LogP contribution in [0, 0.1) is 5.82 Å². The highest BCUT2D eigenvalue weighted by Crippen LogP contribution is 2.27. The summed E-state index contributed by atoms with van der Waals surface area (Å²) in [6.07, 6.45) is 0.842. The largest absolute Gasteiger partial charge is 0.463 e. The number of ether oxygens (including phenoxy) is 1. The molecule has 0 unspecified atom stereocenters. The third-order valence-corrected chi connectivity index (χ3v) is 2.87. The summed E-state index contributed by atoms with van der Waals surface area (Å²) in [5, 5.41) is 3.25. The topological polar surface area (TPSA) is 59.9 Å². The normalized spacial score (nSPS) is 10.5. The Kier molecular flexibility index (Phi) is 5.27. The molecule has 1 heterocycles. The van der Waals surface area contributed by atoms with Gasteiger partial charge in [-0.3, -0.25) is 0 Å². The van der Waals surface area contributed by atoms with Crippen LogP contribution in [0.1, 0.15) is 20.3 Å². The molecule has 1 N–H and O–H groups in total. The van der Waals surface area contributed by atoms with Crippen molar-refractivity contribution < 1.29 is 9.13 Å². The molecule has 0 aliphatic carbocycles. The predicted molar refractivity (Wildman–Crippen MR) is 80.2 cm³/mol. The van der Waals surface area contributed by atoms with Crippen molar-refractivity contribution in [2.24, 2.45) is 0 Å². The van der Waals surface area contributed by atoms with E-state index >= 15 is 0 Å². The minimum absolute atomic E-state index is 0.221. The predicted octanol–water partition coefficient (Wildman–Crippen LogP) is 3.55. The third-order valence-electron chi connectivity index (χ3n) is 2.56. The van der Waals surface area contributed by atoms with E-state index in [4.69, 9.17) is 16.3 Å². The molecular formula is C14H16ClFN4O. The average molecular weight is 311 g/mol. The van der Waals surface area contributed by atoms with Gasteiger partial charge in [-0.1, -0.05) is 18.5 Å². The van der Waals surface area contributed by atoms with Gasteiger partial charge in [-0.15, -0.1) is 0 Å². The van der Waals surface area contributed by atoms with Gasteiger partial charge < -0.3 is 10.1 Å². The Morgan fingerprint density at radius 1 is 1.24 bits per heavy atom. The number of anilines is 1. The van der Waals surface area contributed by atoms with Gasteiger partial charge in [0, 0.05) is 12.1 Å². The Morgan fingerprint density at radius 3 is 2.71 bits per heavy atom. The molecule has 0 bridgehead atoms. The third kappa shape index (κ3) is 4.01. The molecule has 5 nitrogen and oxygen atoms in total. The van der Waals surface area contributed by atoms with Crippen LogP contribution in [0.3, 0.4) is 0 Å². The van der Waals surface area contributed by atoms with Crippen molar-refractivity contribution in [2.75, 3.05) is 18.5 Å². The second-order valence-corrected chi connectivity index (χ2v) is 4.68. The Balaban J connectivity index is 2.43. The molecule has 0 saturated carbocycles. The first-order chi connectivity index (χ1) is 10.1. The summed E-state index contributed by atoms with van der Waals surface area (Å²) in [5.74, 6) is 0.332. The van der Waals surface area contributed by atoms with Crippen LogP contribution in [0.5, 0.6) is 6.01 Å². The van der Waals surface area contributed by atoms with Crippen LogP contribution in [0.2, 0.25) is 5.02 Å². The summed E-state index contributed by atoms with van der Waals surface area (Å²) in [4.78, 5) is 12.7. The summed E-state index contributed by atoms with van der Waals surface area (Å²) in [6.45, 7) is 5.09. The van der Waals surface area contributed by atoms with Gasteiger partial charge in [-0.05, 0) is 31.5 Å². The van der Waals surface area contributed by atoms with Crippen molar-refractivity contribution in [3.63, 3.8) is 0 Å². The van der Waals surface area contributed by atoms with Crippen molar-refractivity contribution in [3.05, 3.63) is 29.0 Å². The van der Waals surface area contributed by atoms with Crippen LogP contribution in [0.4, 0.5) is 10.3 Å². The highest BCUT2D eigenvalue weighted by molar-refractivity contribution is 6.33. The first-order valence-corrected chi connectivity index (χ1v) is 7.10. The standard InChI is InChI=1S/C14H16ClFN4O/c1-3-7-21-14-19-12(18-13(20-14)17-4-2)10-6-5-9(16)8-11(10)15/h5-6,8H,3-4,7H2,1-2H3,(H,17,18,19,20). The molecule has 0 aliphatic rings. The van der Waals surface area contributed by atoms with Gasteiger partial charge in [-0.25, -0.2) is 4.39 Å². The SMILES string of the molecule is CCCOc1nc(NCC)nc(-c2ccc(F)cc2Cl)n1. The highest BCUT2D eigenvalue weighted by atomic mass is 35.5. The quantitative estimate of drug-likeness (QED) is 0.884. The van der Waals surface area contributed by atoms with Crippen LogP contribution in [-0.2, 0) is 0 Å². The monoisotopic (exact) mass is 310 g/mol. The van der Waals surface area contributed by atoms with Gasteiger partial charge >= 0.3 is 6.01 Å². The molecule has 2 rings (SSSR count). The number of rotatable bonds is 6. The first-order valence-electron chi connectivity index (χ1n) is 6.72. The van der Waals surface area contributed by atoms with Gasteiger partial charge in [-0.2, -0.15) is 15.0 Å². The molecule has 2 aromatic rings. The van der Waals surface area contributed by atoms with E-state index in [1.165, 1.54) is 18.2 Å². The Hall–Kier alpha value is -1.95. The zero-order chi connectivity index (χ0) is 15.2. The van der Waals surface area contributed by atoms with Crippen molar-refractivity contribution >= 4 is 17.5 Å². The van der Waals surface area contributed by atoms with Crippen molar-refractivity contribution in [2.45, 2.75) is 20.3 Å². The van der Waals surface area contributed by atoms with Crippen LogP contribution < -0.4 is 10.1 Å². The van der Waals surface area contributed by atoms with Gasteiger partial charge in [0.1, 0.15) is 5.82 Å². The van der Waals surface area contributed by atoms with E-state index in [2.05, 4.69) is 20.3 Å². The summed E-state index contributed by atoms with van der Waals surface area (Å²) >= 11 is 6.05. The van der Waals surface area contributed by atoms with E-state index in [-0.39, 0.29) is 11.0 Å². The van der Waals surface area contributed by atoms with Crippen LogP contribution >= 0.6 is 11.6 Å². The highest BCUT2D eigenvalue weighted by Gasteiger charge is 2.12.